The van der Waals surface area contributed by atoms with Gasteiger partial charge in [-0.2, -0.15) is 23.5 Å². The topological polar surface area (TPSA) is 63.6 Å². The van der Waals surface area contributed by atoms with Gasteiger partial charge in [-0.05, 0) is 70.0 Å². The molecule has 22 heavy (non-hydrogen) atoms. The van der Waals surface area contributed by atoms with Gasteiger partial charge in [-0.25, -0.2) is 0 Å². The normalized spacial score (nSPS) is 12.2. The van der Waals surface area contributed by atoms with Crippen molar-refractivity contribution in [2.24, 2.45) is 10.8 Å². The first-order valence-corrected chi connectivity index (χ1v) is 9.92. The van der Waals surface area contributed by atoms with Crippen LogP contribution in [0.15, 0.2) is 0 Å². The minimum absolute atomic E-state index is 0.148. The van der Waals surface area contributed by atoms with E-state index in [1.807, 2.05) is 37.4 Å². The van der Waals surface area contributed by atoms with E-state index in [-0.39, 0.29) is 5.97 Å². The fourth-order valence-corrected chi connectivity index (χ4v) is 4.20. The maximum atomic E-state index is 11.5. The maximum absolute atomic E-state index is 11.5. The van der Waals surface area contributed by atoms with E-state index in [2.05, 4.69) is 0 Å². The van der Waals surface area contributed by atoms with Crippen molar-refractivity contribution in [2.45, 2.75) is 47.0 Å². The molecular weight excluding hydrogens is 320 g/mol. The van der Waals surface area contributed by atoms with Crippen molar-refractivity contribution in [3.05, 3.63) is 0 Å². The van der Waals surface area contributed by atoms with Crippen LogP contribution >= 0.6 is 23.5 Å². The summed E-state index contributed by atoms with van der Waals surface area (Å²) in [6.45, 7) is 7.38. The molecule has 0 aliphatic rings. The summed E-state index contributed by atoms with van der Waals surface area (Å²) in [5.74, 6) is 3.11. The number of methoxy groups -OCH3 is 1. The van der Waals surface area contributed by atoms with Gasteiger partial charge in [0.15, 0.2) is 0 Å². The molecule has 0 saturated carbocycles. The van der Waals surface area contributed by atoms with Crippen LogP contribution in [0.25, 0.3) is 0 Å². The van der Waals surface area contributed by atoms with Crippen LogP contribution in [0.5, 0.6) is 0 Å². The number of rotatable bonds is 12. The molecule has 0 rings (SSSR count). The fourth-order valence-electron chi connectivity index (χ4n) is 1.61. The molecule has 0 amide bonds. The Morgan fingerprint density at radius 2 is 1.36 bits per heavy atom. The summed E-state index contributed by atoms with van der Waals surface area (Å²) in [6, 6.07) is 0. The molecule has 0 saturated heterocycles. The second kappa shape index (κ2) is 10.4. The van der Waals surface area contributed by atoms with Crippen molar-refractivity contribution in [1.82, 2.24) is 0 Å². The number of carbonyl (C=O) groups excluding carboxylic acids is 1. The third kappa shape index (κ3) is 8.93. The Morgan fingerprint density at radius 1 is 0.909 bits per heavy atom. The summed E-state index contributed by atoms with van der Waals surface area (Å²) < 4.78 is 4.79. The lowest BCUT2D eigenvalue weighted by molar-refractivity contribution is -0.150. The van der Waals surface area contributed by atoms with Gasteiger partial charge < -0.3 is 9.84 Å². The first-order chi connectivity index (χ1) is 10.1. The highest BCUT2D eigenvalue weighted by atomic mass is 32.2. The van der Waals surface area contributed by atoms with Gasteiger partial charge in [0.2, 0.25) is 0 Å². The van der Waals surface area contributed by atoms with Crippen molar-refractivity contribution in [3.63, 3.8) is 0 Å². The predicted octanol–water partition coefficient (Wildman–Crippen LogP) is 3.93. The number of carbonyl (C=O) groups is 2. The summed E-state index contributed by atoms with van der Waals surface area (Å²) in [5.41, 5.74) is -1.03. The second-order valence-electron chi connectivity index (χ2n) is 6.64. The van der Waals surface area contributed by atoms with Crippen molar-refractivity contribution >= 4 is 35.5 Å². The molecule has 0 aromatic rings. The van der Waals surface area contributed by atoms with E-state index >= 15 is 0 Å². The van der Waals surface area contributed by atoms with Gasteiger partial charge in [-0.15, -0.1) is 0 Å². The standard InChI is InChI=1S/C16H30O4S2/c1-15(2,13(17)18)7-11-21-9-6-10-22-12-8-16(3,4)14(19)20-5/h6-12H2,1-5H3,(H,17,18). The number of ether oxygens (including phenoxy) is 1. The molecule has 130 valence electrons. The zero-order valence-electron chi connectivity index (χ0n) is 14.4. The zero-order valence-corrected chi connectivity index (χ0v) is 16.1. The third-order valence-corrected chi connectivity index (χ3v) is 5.78. The average Bonchev–Trinajstić information content (AvgIpc) is 2.44. The molecule has 4 nitrogen and oxygen atoms in total. The Labute approximate surface area is 143 Å². The lowest BCUT2D eigenvalue weighted by Gasteiger charge is -2.20. The molecular formula is C16H30O4S2. The van der Waals surface area contributed by atoms with E-state index < -0.39 is 16.8 Å². The molecule has 0 aromatic heterocycles. The van der Waals surface area contributed by atoms with Crippen LogP contribution in [0.2, 0.25) is 0 Å². The SMILES string of the molecule is COC(=O)C(C)(C)CCSCCCSCCC(C)(C)C(=O)O. The lowest BCUT2D eigenvalue weighted by Crippen LogP contribution is -2.26. The Kier molecular flexibility index (Phi) is 10.3. The van der Waals surface area contributed by atoms with E-state index in [1.54, 1.807) is 13.8 Å². The molecule has 0 aromatic carbocycles. The van der Waals surface area contributed by atoms with Gasteiger partial charge in [0.25, 0.3) is 0 Å². The molecule has 0 radical (unpaired) electrons. The van der Waals surface area contributed by atoms with Crippen LogP contribution in [-0.2, 0) is 14.3 Å². The van der Waals surface area contributed by atoms with Gasteiger partial charge in [-0.1, -0.05) is 0 Å². The number of carboxylic acids is 1. The summed E-state index contributed by atoms with van der Waals surface area (Å²) >= 11 is 3.68. The second-order valence-corrected chi connectivity index (χ2v) is 9.09. The Morgan fingerprint density at radius 3 is 1.77 bits per heavy atom. The number of hydrogen-bond acceptors (Lipinski definition) is 5. The van der Waals surface area contributed by atoms with E-state index in [9.17, 15) is 9.59 Å². The summed E-state index contributed by atoms with van der Waals surface area (Å²) in [7, 11) is 1.43. The van der Waals surface area contributed by atoms with Gasteiger partial charge in [-0.3, -0.25) is 9.59 Å². The van der Waals surface area contributed by atoms with Crippen LogP contribution in [0.3, 0.4) is 0 Å². The van der Waals surface area contributed by atoms with E-state index in [1.165, 1.54) is 7.11 Å². The smallest absolute Gasteiger partial charge is 0.311 e. The quantitative estimate of drug-likeness (QED) is 0.425. The Bertz CT molecular complexity index is 354. The van der Waals surface area contributed by atoms with E-state index in [0.29, 0.717) is 6.42 Å². The maximum Gasteiger partial charge on any atom is 0.311 e. The molecule has 0 aliphatic heterocycles. The van der Waals surface area contributed by atoms with Crippen molar-refractivity contribution < 1.29 is 19.4 Å². The fraction of sp³-hybridized carbons (Fsp3) is 0.875. The molecule has 0 spiro atoms. The highest BCUT2D eigenvalue weighted by Gasteiger charge is 2.28. The van der Waals surface area contributed by atoms with E-state index in [4.69, 9.17) is 9.84 Å². The van der Waals surface area contributed by atoms with Crippen LogP contribution in [0.4, 0.5) is 0 Å². The number of hydrogen-bond donors (Lipinski definition) is 1. The molecule has 6 heteroatoms. The first kappa shape index (κ1) is 21.6. The van der Waals surface area contributed by atoms with Gasteiger partial charge in [0.05, 0.1) is 17.9 Å². The predicted molar refractivity (Wildman–Crippen MR) is 95.7 cm³/mol. The minimum Gasteiger partial charge on any atom is -0.481 e. The molecule has 1 N–H and O–H groups in total. The minimum atomic E-state index is -0.725. The lowest BCUT2D eigenvalue weighted by atomic mass is 9.91. The number of thioether (sulfide) groups is 2. The van der Waals surface area contributed by atoms with Crippen molar-refractivity contribution in [2.75, 3.05) is 30.1 Å². The van der Waals surface area contributed by atoms with Crippen molar-refractivity contribution in [3.8, 4) is 0 Å². The van der Waals surface area contributed by atoms with Gasteiger partial charge in [0.1, 0.15) is 0 Å². The number of esters is 1. The van der Waals surface area contributed by atoms with Crippen LogP contribution in [0.1, 0.15) is 47.0 Å². The third-order valence-electron chi connectivity index (χ3n) is 3.64. The summed E-state index contributed by atoms with van der Waals surface area (Å²) in [5, 5.41) is 9.02. The molecule has 0 atom stereocenters. The highest BCUT2D eigenvalue weighted by Crippen LogP contribution is 2.25. The Hall–Kier alpha value is -0.360. The summed E-state index contributed by atoms with van der Waals surface area (Å²) in [6.07, 6.45) is 2.64. The monoisotopic (exact) mass is 350 g/mol. The zero-order chi connectivity index (χ0) is 17.2. The van der Waals surface area contributed by atoms with Crippen LogP contribution in [0, 0.1) is 10.8 Å². The largest absolute Gasteiger partial charge is 0.481 e. The van der Waals surface area contributed by atoms with E-state index in [0.717, 1.165) is 35.9 Å². The molecule has 0 aliphatic carbocycles. The van der Waals surface area contributed by atoms with Crippen molar-refractivity contribution in [1.29, 1.82) is 0 Å². The first-order valence-electron chi connectivity index (χ1n) is 7.61. The molecule has 0 heterocycles. The molecule has 0 fully saturated rings. The highest BCUT2D eigenvalue weighted by molar-refractivity contribution is 8.00. The average molecular weight is 351 g/mol. The van der Waals surface area contributed by atoms with Crippen LogP contribution < -0.4 is 0 Å². The number of carboxylic acid groups (broad SMARTS) is 1. The van der Waals surface area contributed by atoms with Gasteiger partial charge in [0, 0.05) is 0 Å². The Balaban J connectivity index is 3.56. The summed E-state index contributed by atoms with van der Waals surface area (Å²) in [4.78, 5) is 22.5. The van der Waals surface area contributed by atoms with Crippen LogP contribution in [-0.4, -0.2) is 47.2 Å². The van der Waals surface area contributed by atoms with Gasteiger partial charge >= 0.3 is 11.9 Å². The molecule has 0 unspecified atom stereocenters. The molecule has 0 bridgehead atoms. The number of aliphatic carboxylic acids is 1.